The van der Waals surface area contributed by atoms with Crippen LogP contribution in [0, 0.1) is 0 Å². The molecule has 1 rings (SSSR count). The summed E-state index contributed by atoms with van der Waals surface area (Å²) in [4.78, 5) is 25.5. The van der Waals surface area contributed by atoms with Crippen LogP contribution in [0.15, 0.2) is 47.4 Å². The Hall–Kier alpha value is -2.45. The molecule has 0 saturated heterocycles. The highest BCUT2D eigenvalue weighted by molar-refractivity contribution is 7.85. The van der Waals surface area contributed by atoms with Crippen LogP contribution in [0.25, 0.3) is 0 Å². The van der Waals surface area contributed by atoms with Gasteiger partial charge in [-0.05, 0) is 70.6 Å². The van der Waals surface area contributed by atoms with Crippen molar-refractivity contribution >= 4 is 22.1 Å². The molecule has 0 saturated carbocycles. The molecule has 0 fully saturated rings. The van der Waals surface area contributed by atoms with E-state index in [1.54, 1.807) is 0 Å². The number of unbranched alkanes of at least 4 members (excludes halogenated alkanes) is 36. The second-order valence-corrected chi connectivity index (χ2v) is 19.3. The molecule has 1 aromatic carbocycles. The lowest BCUT2D eigenvalue weighted by molar-refractivity contribution is 0.0450. The van der Waals surface area contributed by atoms with Gasteiger partial charge in [-0.15, -0.1) is 0 Å². The molecule has 1 N–H and O–H groups in total. The largest absolute Gasteiger partial charge is 0.462 e. The van der Waals surface area contributed by atoms with E-state index in [9.17, 15) is 22.6 Å². The number of carbonyl (C=O) groups is 2. The Morgan fingerprint density at radius 1 is 0.419 bits per heavy atom. The second-order valence-electron chi connectivity index (χ2n) is 17.9. The molecule has 0 amide bonds. The molecule has 62 heavy (non-hydrogen) atoms. The van der Waals surface area contributed by atoms with Crippen LogP contribution in [0.4, 0.5) is 0 Å². The zero-order chi connectivity index (χ0) is 45.0. The number of hydrogen-bond donors (Lipinski definition) is 1. The molecule has 0 aromatic heterocycles. The Morgan fingerprint density at radius 3 is 0.952 bits per heavy atom. The van der Waals surface area contributed by atoms with Crippen LogP contribution in [0.1, 0.15) is 279 Å². The smallest absolute Gasteiger partial charge is 0.339 e. The summed E-state index contributed by atoms with van der Waals surface area (Å²) in [5.41, 5.74) is -0.259. The van der Waals surface area contributed by atoms with Gasteiger partial charge >= 0.3 is 11.9 Å². The minimum atomic E-state index is -4.57. The van der Waals surface area contributed by atoms with Gasteiger partial charge in [0.1, 0.15) is 0 Å². The molecular weight excluding hydrogens is 793 g/mol. The van der Waals surface area contributed by atoms with Crippen LogP contribution in [0.5, 0.6) is 0 Å². The SMILES string of the molecule is C/C=C/CCCCCCCCCCCCCCCCCCCCOC(=O)c1ccc(S(=O)(=O)O)cc1C(=O)OCCCCCCCCCCCCCCCCCCCC/C=C/C. The maximum absolute atomic E-state index is 13.0. The van der Waals surface area contributed by atoms with Gasteiger partial charge in [-0.3, -0.25) is 4.55 Å². The van der Waals surface area contributed by atoms with E-state index in [1.165, 1.54) is 205 Å². The number of hydrogen-bond acceptors (Lipinski definition) is 6. The van der Waals surface area contributed by atoms with E-state index >= 15 is 0 Å². The molecule has 0 aliphatic rings. The molecule has 0 aliphatic carbocycles. The van der Waals surface area contributed by atoms with Crippen molar-refractivity contribution in [2.24, 2.45) is 0 Å². The van der Waals surface area contributed by atoms with Crippen LogP contribution in [0.2, 0.25) is 0 Å². The van der Waals surface area contributed by atoms with Gasteiger partial charge in [-0.1, -0.05) is 230 Å². The molecule has 0 unspecified atom stereocenters. The van der Waals surface area contributed by atoms with Gasteiger partial charge in [-0.25, -0.2) is 9.59 Å². The first-order valence-electron chi connectivity index (χ1n) is 26.0. The maximum atomic E-state index is 13.0. The predicted molar refractivity (Wildman–Crippen MR) is 262 cm³/mol. The van der Waals surface area contributed by atoms with Gasteiger partial charge in [0.25, 0.3) is 10.1 Å². The first kappa shape index (κ1) is 57.6. The van der Waals surface area contributed by atoms with Crippen LogP contribution in [-0.4, -0.2) is 38.1 Å². The van der Waals surface area contributed by atoms with Crippen molar-refractivity contribution in [2.75, 3.05) is 13.2 Å². The first-order chi connectivity index (χ1) is 30.3. The fourth-order valence-electron chi connectivity index (χ4n) is 8.23. The highest BCUT2D eigenvalue weighted by atomic mass is 32.2. The summed E-state index contributed by atoms with van der Waals surface area (Å²) in [7, 11) is -4.57. The van der Waals surface area contributed by atoms with E-state index in [-0.39, 0.29) is 24.3 Å². The van der Waals surface area contributed by atoms with Gasteiger partial charge in [0.05, 0.1) is 29.2 Å². The lowest BCUT2D eigenvalue weighted by Crippen LogP contribution is -2.16. The Labute approximate surface area is 382 Å². The van der Waals surface area contributed by atoms with Crippen molar-refractivity contribution in [3.8, 4) is 0 Å². The predicted octanol–water partition coefficient (Wildman–Crippen LogP) is 17.2. The number of allylic oxidation sites excluding steroid dienone is 4. The molecule has 7 nitrogen and oxygen atoms in total. The number of esters is 2. The third-order valence-corrected chi connectivity index (χ3v) is 13.0. The van der Waals surface area contributed by atoms with Crippen molar-refractivity contribution in [3.05, 3.63) is 53.6 Å². The highest BCUT2D eigenvalue weighted by Crippen LogP contribution is 2.21. The zero-order valence-electron chi connectivity index (χ0n) is 40.1. The lowest BCUT2D eigenvalue weighted by Gasteiger charge is -2.11. The second kappa shape index (κ2) is 42.5. The topological polar surface area (TPSA) is 107 Å². The number of rotatable bonds is 45. The summed E-state index contributed by atoms with van der Waals surface area (Å²) >= 11 is 0. The van der Waals surface area contributed by atoms with Gasteiger partial charge < -0.3 is 9.47 Å². The Morgan fingerprint density at radius 2 is 0.677 bits per heavy atom. The molecule has 0 radical (unpaired) electrons. The first-order valence-corrected chi connectivity index (χ1v) is 27.4. The number of carbonyl (C=O) groups excluding carboxylic acids is 2. The summed E-state index contributed by atoms with van der Waals surface area (Å²) in [6.07, 6.45) is 57.0. The Kier molecular flexibility index (Phi) is 39.5. The number of ether oxygens (including phenoxy) is 2. The fourth-order valence-corrected chi connectivity index (χ4v) is 8.74. The van der Waals surface area contributed by atoms with E-state index in [1.807, 2.05) is 0 Å². The summed E-state index contributed by atoms with van der Waals surface area (Å²) in [5, 5.41) is 0. The van der Waals surface area contributed by atoms with Crippen molar-refractivity contribution in [1.29, 1.82) is 0 Å². The van der Waals surface area contributed by atoms with E-state index < -0.39 is 27.0 Å². The van der Waals surface area contributed by atoms with Crippen molar-refractivity contribution in [2.45, 2.75) is 263 Å². The van der Waals surface area contributed by atoms with E-state index in [4.69, 9.17) is 9.47 Å². The van der Waals surface area contributed by atoms with E-state index in [0.29, 0.717) is 6.42 Å². The highest BCUT2D eigenvalue weighted by Gasteiger charge is 2.23. The monoisotopic (exact) mass is 887 g/mol. The standard InChI is InChI=1S/C54H94O7S/c1-3-5-7-9-11-13-15-17-19-21-23-25-27-29-31-33-35-37-39-41-43-47-60-53(55)51-46-45-50(62(57,58)59)49-52(51)54(56)61-48-44-42-40-38-36-34-32-30-28-26-24-22-20-18-16-14-12-10-8-6-4-2/h3-6,45-46,49H,7-44,47-48H2,1-2H3,(H,57,58,59)/b5-3+,6-4+. The molecule has 1 aromatic rings. The fraction of sp³-hybridized carbons (Fsp3) is 0.778. The average Bonchev–Trinajstić information content (AvgIpc) is 3.26. The molecule has 0 spiro atoms. The summed E-state index contributed by atoms with van der Waals surface area (Å²) in [6.45, 7) is 4.60. The minimum Gasteiger partial charge on any atom is -0.462 e. The van der Waals surface area contributed by atoms with E-state index in [2.05, 4.69) is 38.2 Å². The van der Waals surface area contributed by atoms with Gasteiger partial charge in [0.2, 0.25) is 0 Å². The number of benzene rings is 1. The zero-order valence-corrected chi connectivity index (χ0v) is 40.9. The van der Waals surface area contributed by atoms with Crippen LogP contribution in [0.3, 0.4) is 0 Å². The van der Waals surface area contributed by atoms with Gasteiger partial charge in [-0.2, -0.15) is 8.42 Å². The summed E-state index contributed by atoms with van der Waals surface area (Å²) in [5.74, 6) is -1.49. The van der Waals surface area contributed by atoms with Crippen LogP contribution >= 0.6 is 0 Å². The third kappa shape index (κ3) is 35.0. The average molecular weight is 887 g/mol. The Bertz CT molecular complexity index is 1370. The van der Waals surface area contributed by atoms with Gasteiger partial charge in [0, 0.05) is 0 Å². The maximum Gasteiger partial charge on any atom is 0.339 e. The van der Waals surface area contributed by atoms with Crippen molar-refractivity contribution in [3.63, 3.8) is 0 Å². The van der Waals surface area contributed by atoms with Crippen molar-refractivity contribution in [1.82, 2.24) is 0 Å². The van der Waals surface area contributed by atoms with Crippen LogP contribution in [-0.2, 0) is 19.6 Å². The van der Waals surface area contributed by atoms with Crippen molar-refractivity contribution < 1.29 is 32.0 Å². The molecule has 0 bridgehead atoms. The summed E-state index contributed by atoms with van der Waals surface area (Å²) in [6, 6.07) is 3.33. The molecule has 0 aliphatic heterocycles. The van der Waals surface area contributed by atoms with Crippen LogP contribution < -0.4 is 0 Å². The van der Waals surface area contributed by atoms with E-state index in [0.717, 1.165) is 50.7 Å². The summed E-state index contributed by atoms with van der Waals surface area (Å²) < 4.78 is 44.1. The third-order valence-electron chi connectivity index (χ3n) is 12.2. The lowest BCUT2D eigenvalue weighted by atomic mass is 10.0. The minimum absolute atomic E-state index is 0.0544. The molecule has 0 heterocycles. The molecular formula is C54H94O7S. The normalized spacial score (nSPS) is 11.9. The molecule has 8 heteroatoms. The van der Waals surface area contributed by atoms with Gasteiger partial charge in [0.15, 0.2) is 0 Å². The molecule has 0 atom stereocenters. The quantitative estimate of drug-likeness (QED) is 0.0301. The molecule has 358 valence electrons. The Balaban J connectivity index is 2.10.